The smallest absolute Gasteiger partial charge is 0.292 e. The molecule has 0 aliphatic carbocycles. The predicted octanol–water partition coefficient (Wildman–Crippen LogP) is 6.08. The number of hydrogen-bond acceptors (Lipinski definition) is 4. The summed E-state index contributed by atoms with van der Waals surface area (Å²) in [6.07, 6.45) is 1.82. The molecule has 0 radical (unpaired) electrons. The number of amides is 1. The van der Waals surface area contributed by atoms with Gasteiger partial charge in [-0.05, 0) is 52.7 Å². The van der Waals surface area contributed by atoms with Crippen molar-refractivity contribution in [2.75, 3.05) is 5.32 Å². The van der Waals surface area contributed by atoms with Gasteiger partial charge in [0.2, 0.25) is 0 Å². The Kier molecular flexibility index (Phi) is 6.44. The number of rotatable bonds is 7. The van der Waals surface area contributed by atoms with Crippen molar-refractivity contribution in [2.24, 2.45) is 0 Å². The SMILES string of the molecule is Cc1ccc(Cn2cc(Br)c(NC(=O)c3ccc(COc4ccccc4Cl)o3)n2)cc1. The first-order valence-electron chi connectivity index (χ1n) is 9.54. The van der Waals surface area contributed by atoms with Crippen LogP contribution >= 0.6 is 27.5 Å². The summed E-state index contributed by atoms with van der Waals surface area (Å²) >= 11 is 9.52. The third kappa shape index (κ3) is 5.37. The van der Waals surface area contributed by atoms with E-state index < -0.39 is 5.91 Å². The van der Waals surface area contributed by atoms with Crippen LogP contribution in [0, 0.1) is 6.92 Å². The summed E-state index contributed by atoms with van der Waals surface area (Å²) < 4.78 is 13.7. The molecule has 4 aromatic rings. The number of nitrogens with one attached hydrogen (secondary N) is 1. The summed E-state index contributed by atoms with van der Waals surface area (Å²) in [6, 6.07) is 18.7. The monoisotopic (exact) mass is 499 g/mol. The van der Waals surface area contributed by atoms with Crippen LogP contribution in [-0.2, 0) is 13.2 Å². The summed E-state index contributed by atoms with van der Waals surface area (Å²) in [5.74, 6) is 1.24. The number of hydrogen-bond donors (Lipinski definition) is 1. The first-order valence-corrected chi connectivity index (χ1v) is 10.7. The lowest BCUT2D eigenvalue weighted by Gasteiger charge is -2.05. The van der Waals surface area contributed by atoms with Gasteiger partial charge in [0.1, 0.15) is 18.1 Å². The number of ether oxygens (including phenoxy) is 1. The molecule has 0 spiro atoms. The van der Waals surface area contributed by atoms with Gasteiger partial charge in [-0.15, -0.1) is 0 Å². The Morgan fingerprint density at radius 2 is 1.94 bits per heavy atom. The average molecular weight is 501 g/mol. The molecule has 1 N–H and O–H groups in total. The van der Waals surface area contributed by atoms with Gasteiger partial charge in [0.05, 0.1) is 16.0 Å². The number of carbonyl (C=O) groups excluding carboxylic acids is 1. The van der Waals surface area contributed by atoms with Gasteiger partial charge in [0, 0.05) is 6.20 Å². The summed E-state index contributed by atoms with van der Waals surface area (Å²) in [7, 11) is 0. The van der Waals surface area contributed by atoms with E-state index in [1.54, 1.807) is 28.9 Å². The molecule has 0 aliphatic rings. The summed E-state index contributed by atoms with van der Waals surface area (Å²) in [5, 5.41) is 7.72. The zero-order valence-electron chi connectivity index (χ0n) is 16.6. The van der Waals surface area contributed by atoms with Crippen molar-refractivity contribution in [3.8, 4) is 5.75 Å². The Hall–Kier alpha value is -3.03. The molecule has 158 valence electrons. The molecule has 6 nitrogen and oxygen atoms in total. The van der Waals surface area contributed by atoms with E-state index in [9.17, 15) is 4.79 Å². The standard InChI is InChI=1S/C23H19BrClN3O3/c1-15-6-8-16(9-7-15)12-28-13-18(24)22(27-28)26-23(29)21-11-10-17(31-21)14-30-20-5-3-2-4-19(20)25/h2-11,13H,12,14H2,1H3,(H,26,27,29). The fraction of sp³-hybridized carbons (Fsp3) is 0.130. The number of halogens is 2. The molecule has 2 aromatic carbocycles. The lowest BCUT2D eigenvalue weighted by Crippen LogP contribution is -2.12. The largest absolute Gasteiger partial charge is 0.484 e. The summed E-state index contributed by atoms with van der Waals surface area (Å²) in [4.78, 5) is 12.6. The number of furan rings is 1. The van der Waals surface area contributed by atoms with Gasteiger partial charge in [-0.25, -0.2) is 0 Å². The first kappa shape index (κ1) is 21.2. The minimum Gasteiger partial charge on any atom is -0.484 e. The quantitative estimate of drug-likeness (QED) is 0.334. The maximum Gasteiger partial charge on any atom is 0.292 e. The maximum absolute atomic E-state index is 12.6. The van der Waals surface area contributed by atoms with Crippen LogP contribution in [0.4, 0.5) is 5.82 Å². The van der Waals surface area contributed by atoms with Crippen LogP contribution in [0.5, 0.6) is 5.75 Å². The number of aryl methyl sites for hydroxylation is 1. The zero-order valence-corrected chi connectivity index (χ0v) is 19.0. The van der Waals surface area contributed by atoms with Crippen molar-refractivity contribution < 1.29 is 13.9 Å². The molecule has 0 atom stereocenters. The van der Waals surface area contributed by atoms with Gasteiger partial charge in [-0.3, -0.25) is 9.48 Å². The average Bonchev–Trinajstić information content (AvgIpc) is 3.36. The van der Waals surface area contributed by atoms with Gasteiger partial charge in [0.25, 0.3) is 5.91 Å². The molecule has 8 heteroatoms. The number of nitrogens with zero attached hydrogens (tertiary/aromatic N) is 2. The summed E-state index contributed by atoms with van der Waals surface area (Å²) in [5.41, 5.74) is 2.32. The molecule has 0 aliphatic heterocycles. The normalized spacial score (nSPS) is 10.8. The van der Waals surface area contributed by atoms with Crippen LogP contribution in [0.15, 0.2) is 75.8 Å². The molecule has 31 heavy (non-hydrogen) atoms. The topological polar surface area (TPSA) is 69.3 Å². The number of para-hydroxylation sites is 1. The van der Waals surface area contributed by atoms with Crippen molar-refractivity contribution in [3.63, 3.8) is 0 Å². The molecule has 0 bridgehead atoms. The molecule has 4 rings (SSSR count). The first-order chi connectivity index (χ1) is 15.0. The molecular formula is C23H19BrClN3O3. The molecule has 2 aromatic heterocycles. The van der Waals surface area contributed by atoms with Crippen molar-refractivity contribution in [3.05, 3.63) is 99.0 Å². The minimum absolute atomic E-state index is 0.159. The van der Waals surface area contributed by atoms with E-state index in [-0.39, 0.29) is 12.4 Å². The van der Waals surface area contributed by atoms with Crippen LogP contribution in [0.2, 0.25) is 5.02 Å². The third-order valence-electron chi connectivity index (χ3n) is 4.51. The highest BCUT2D eigenvalue weighted by Crippen LogP contribution is 2.25. The highest BCUT2D eigenvalue weighted by molar-refractivity contribution is 9.10. The Balaban J connectivity index is 1.38. The molecular weight excluding hydrogens is 482 g/mol. The fourth-order valence-corrected chi connectivity index (χ4v) is 3.51. The second-order valence-electron chi connectivity index (χ2n) is 6.95. The van der Waals surface area contributed by atoms with Gasteiger partial charge in [0.15, 0.2) is 11.6 Å². The number of benzene rings is 2. The van der Waals surface area contributed by atoms with E-state index in [1.807, 2.05) is 25.3 Å². The molecule has 1 amide bonds. The Morgan fingerprint density at radius 1 is 1.16 bits per heavy atom. The Bertz CT molecular complexity index is 1200. The second-order valence-corrected chi connectivity index (χ2v) is 8.21. The predicted molar refractivity (Wildman–Crippen MR) is 123 cm³/mol. The van der Waals surface area contributed by atoms with Crippen LogP contribution in [0.1, 0.15) is 27.4 Å². The van der Waals surface area contributed by atoms with E-state index in [0.717, 1.165) is 5.56 Å². The van der Waals surface area contributed by atoms with Crippen molar-refractivity contribution in [1.29, 1.82) is 0 Å². The summed E-state index contributed by atoms with van der Waals surface area (Å²) in [6.45, 7) is 2.80. The lowest BCUT2D eigenvalue weighted by atomic mass is 10.1. The highest BCUT2D eigenvalue weighted by atomic mass is 79.9. The second kappa shape index (κ2) is 9.41. The number of anilines is 1. The minimum atomic E-state index is -0.398. The van der Waals surface area contributed by atoms with Crippen molar-refractivity contribution in [1.82, 2.24) is 9.78 Å². The van der Waals surface area contributed by atoms with Gasteiger partial charge < -0.3 is 14.5 Å². The molecule has 0 saturated carbocycles. The lowest BCUT2D eigenvalue weighted by molar-refractivity contribution is 0.0992. The number of aromatic nitrogens is 2. The Morgan fingerprint density at radius 3 is 2.71 bits per heavy atom. The Labute approximate surface area is 192 Å². The van der Waals surface area contributed by atoms with Gasteiger partial charge in [-0.1, -0.05) is 53.6 Å². The van der Waals surface area contributed by atoms with Crippen LogP contribution in [-0.4, -0.2) is 15.7 Å². The van der Waals surface area contributed by atoms with Crippen LogP contribution < -0.4 is 10.1 Å². The number of carbonyl (C=O) groups is 1. The molecule has 2 heterocycles. The molecule has 0 fully saturated rings. The highest BCUT2D eigenvalue weighted by Gasteiger charge is 2.16. The van der Waals surface area contributed by atoms with E-state index in [0.29, 0.717) is 33.4 Å². The van der Waals surface area contributed by atoms with Crippen LogP contribution in [0.3, 0.4) is 0 Å². The fourth-order valence-electron chi connectivity index (χ4n) is 2.90. The van der Waals surface area contributed by atoms with Crippen LogP contribution in [0.25, 0.3) is 0 Å². The maximum atomic E-state index is 12.6. The molecule has 0 unspecified atom stereocenters. The van der Waals surface area contributed by atoms with E-state index in [4.69, 9.17) is 20.8 Å². The third-order valence-corrected chi connectivity index (χ3v) is 5.40. The van der Waals surface area contributed by atoms with Crippen molar-refractivity contribution >= 4 is 39.3 Å². The van der Waals surface area contributed by atoms with E-state index in [1.165, 1.54) is 5.56 Å². The molecule has 0 saturated heterocycles. The van der Waals surface area contributed by atoms with Crippen molar-refractivity contribution in [2.45, 2.75) is 20.1 Å². The van der Waals surface area contributed by atoms with Gasteiger partial charge >= 0.3 is 0 Å². The van der Waals surface area contributed by atoms with E-state index >= 15 is 0 Å². The van der Waals surface area contributed by atoms with E-state index in [2.05, 4.69) is 50.6 Å². The van der Waals surface area contributed by atoms with Gasteiger partial charge in [-0.2, -0.15) is 5.10 Å². The zero-order chi connectivity index (χ0) is 21.8.